The molecule has 0 radical (unpaired) electrons. The third-order valence-electron chi connectivity index (χ3n) is 5.81. The lowest BCUT2D eigenvalue weighted by atomic mass is 9.92. The molecule has 144 valence electrons. The van der Waals surface area contributed by atoms with E-state index in [9.17, 15) is 0 Å². The summed E-state index contributed by atoms with van der Waals surface area (Å²) in [4.78, 5) is 7.11. The Hall–Kier alpha value is -1.92. The third kappa shape index (κ3) is 3.73. The Balaban J connectivity index is 1.72. The largest absolute Gasteiger partial charge is 0.383 e. The zero-order valence-electron chi connectivity index (χ0n) is 15.9. The molecule has 27 heavy (non-hydrogen) atoms. The molecule has 1 N–H and O–H groups in total. The summed E-state index contributed by atoms with van der Waals surface area (Å²) in [6.07, 6.45) is 10.3. The van der Waals surface area contributed by atoms with Crippen LogP contribution >= 0.6 is 12.2 Å². The van der Waals surface area contributed by atoms with Crippen LogP contribution in [0.1, 0.15) is 55.6 Å². The molecule has 4 rings (SSSR count). The van der Waals surface area contributed by atoms with E-state index in [0.29, 0.717) is 12.6 Å². The maximum Gasteiger partial charge on any atom is 0.170 e. The number of thiocarbonyl (C=S) groups is 1. The van der Waals surface area contributed by atoms with Gasteiger partial charge in [-0.15, -0.1) is 0 Å². The van der Waals surface area contributed by atoms with Crippen LogP contribution in [0.25, 0.3) is 0 Å². The van der Waals surface area contributed by atoms with Crippen LogP contribution in [-0.2, 0) is 11.3 Å². The van der Waals surface area contributed by atoms with Crippen molar-refractivity contribution in [2.45, 2.75) is 56.8 Å². The number of hydrogen-bond acceptors (Lipinski definition) is 3. The molecule has 0 bridgehead atoms. The molecular weight excluding hydrogens is 356 g/mol. The van der Waals surface area contributed by atoms with E-state index < -0.39 is 0 Å². The number of rotatable bonds is 6. The molecule has 0 amide bonds. The van der Waals surface area contributed by atoms with Crippen LogP contribution in [0.4, 0.5) is 0 Å². The summed E-state index contributed by atoms with van der Waals surface area (Å²) in [6, 6.07) is 11.2. The number of methoxy groups -OCH3 is 1. The lowest BCUT2D eigenvalue weighted by Crippen LogP contribution is -2.41. The van der Waals surface area contributed by atoms with Gasteiger partial charge in [0.1, 0.15) is 0 Å². The van der Waals surface area contributed by atoms with Crippen LogP contribution in [0.3, 0.4) is 0 Å². The average molecular weight is 385 g/mol. The van der Waals surface area contributed by atoms with Crippen LogP contribution in [0.5, 0.6) is 0 Å². The molecule has 0 spiro atoms. The van der Waals surface area contributed by atoms with E-state index in [-0.39, 0.29) is 12.1 Å². The second-order valence-corrected chi connectivity index (χ2v) is 7.83. The molecule has 2 aliphatic rings. The first-order chi connectivity index (χ1) is 13.3. The van der Waals surface area contributed by atoms with E-state index in [2.05, 4.69) is 50.2 Å². The Labute approximate surface area is 166 Å². The molecule has 6 heteroatoms. The van der Waals surface area contributed by atoms with Gasteiger partial charge in [-0.25, -0.2) is 0 Å². The highest BCUT2D eigenvalue weighted by atomic mass is 32.1. The topological polar surface area (TPSA) is 42.3 Å². The van der Waals surface area contributed by atoms with Gasteiger partial charge in [0, 0.05) is 37.8 Å². The summed E-state index contributed by atoms with van der Waals surface area (Å²) in [5, 5.41) is 4.45. The highest BCUT2D eigenvalue weighted by Crippen LogP contribution is 2.42. The van der Waals surface area contributed by atoms with Gasteiger partial charge in [-0.05, 0) is 49.3 Å². The van der Waals surface area contributed by atoms with Gasteiger partial charge in [0.15, 0.2) is 5.11 Å². The van der Waals surface area contributed by atoms with E-state index in [1.807, 2.05) is 12.3 Å². The molecule has 3 heterocycles. The zero-order chi connectivity index (χ0) is 18.6. The maximum atomic E-state index is 5.83. The monoisotopic (exact) mass is 384 g/mol. The summed E-state index contributed by atoms with van der Waals surface area (Å²) in [5.41, 5.74) is 2.32. The van der Waals surface area contributed by atoms with Crippen molar-refractivity contribution in [2.24, 2.45) is 0 Å². The fourth-order valence-corrected chi connectivity index (χ4v) is 4.91. The van der Waals surface area contributed by atoms with Crippen LogP contribution in [0.2, 0.25) is 0 Å². The first-order valence-corrected chi connectivity index (χ1v) is 10.3. The molecule has 0 unspecified atom stereocenters. The number of pyridine rings is 1. The van der Waals surface area contributed by atoms with E-state index in [4.69, 9.17) is 17.0 Å². The van der Waals surface area contributed by atoms with Crippen molar-refractivity contribution < 1.29 is 4.74 Å². The van der Waals surface area contributed by atoms with Gasteiger partial charge < -0.3 is 19.5 Å². The van der Waals surface area contributed by atoms with Crippen LogP contribution in [0.15, 0.2) is 42.7 Å². The second kappa shape index (κ2) is 8.40. The fourth-order valence-electron chi connectivity index (χ4n) is 4.52. The van der Waals surface area contributed by atoms with Gasteiger partial charge in [0.2, 0.25) is 0 Å². The second-order valence-electron chi connectivity index (χ2n) is 7.44. The summed E-state index contributed by atoms with van der Waals surface area (Å²) in [7, 11) is 1.75. The Morgan fingerprint density at radius 1 is 1.19 bits per heavy atom. The van der Waals surface area contributed by atoms with Crippen molar-refractivity contribution in [2.75, 3.05) is 13.7 Å². The van der Waals surface area contributed by atoms with Crippen LogP contribution in [-0.4, -0.2) is 39.3 Å². The third-order valence-corrected chi connectivity index (χ3v) is 6.14. The number of nitrogens with zero attached hydrogens (tertiary/aromatic N) is 3. The normalized spacial score (nSPS) is 23.6. The number of hydrogen-bond donors (Lipinski definition) is 1. The smallest absolute Gasteiger partial charge is 0.170 e. The molecule has 5 nitrogen and oxygen atoms in total. The summed E-state index contributed by atoms with van der Waals surface area (Å²) in [6.45, 7) is 1.54. The van der Waals surface area contributed by atoms with Crippen LogP contribution in [0, 0.1) is 0 Å². The van der Waals surface area contributed by atoms with Crippen molar-refractivity contribution in [3.05, 3.63) is 54.1 Å². The minimum Gasteiger partial charge on any atom is -0.383 e. The molecule has 0 aromatic carbocycles. The molecule has 1 aliphatic carbocycles. The van der Waals surface area contributed by atoms with E-state index >= 15 is 0 Å². The SMILES string of the molecule is COCCn1cccc1[C@@H]1[C@H](c2ccccn2)NC(=S)N1C1CCCCC1. The first-order valence-electron chi connectivity index (χ1n) is 9.93. The molecular formula is C21H28N4OS. The fraction of sp³-hybridized carbons (Fsp3) is 0.524. The van der Waals surface area contributed by atoms with E-state index in [1.54, 1.807) is 7.11 Å². The molecule has 2 fully saturated rings. The first kappa shape index (κ1) is 18.4. The molecule has 1 aliphatic heterocycles. The van der Waals surface area contributed by atoms with E-state index in [0.717, 1.165) is 17.4 Å². The minimum absolute atomic E-state index is 0.0665. The standard InChI is InChI=1S/C21H28N4OS/c1-26-15-14-24-13-7-11-18(24)20-19(17-10-5-6-12-22-17)23-21(27)25(20)16-8-3-2-4-9-16/h5-7,10-13,16,19-20H,2-4,8-9,14-15H2,1H3,(H,23,27)/t19-,20+/m0/s1. The maximum absolute atomic E-state index is 5.83. The molecule has 1 saturated carbocycles. The van der Waals surface area contributed by atoms with Crippen molar-refractivity contribution >= 4 is 17.3 Å². The Bertz CT molecular complexity index is 757. The van der Waals surface area contributed by atoms with Gasteiger partial charge in [0.25, 0.3) is 0 Å². The summed E-state index contributed by atoms with van der Waals surface area (Å²) >= 11 is 5.83. The van der Waals surface area contributed by atoms with Gasteiger partial charge >= 0.3 is 0 Å². The molecule has 2 aromatic rings. The Morgan fingerprint density at radius 2 is 2.04 bits per heavy atom. The number of nitrogens with one attached hydrogen (secondary N) is 1. The minimum atomic E-state index is 0.0665. The quantitative estimate of drug-likeness (QED) is 0.767. The van der Waals surface area contributed by atoms with Gasteiger partial charge in [-0.3, -0.25) is 4.98 Å². The molecule has 2 aromatic heterocycles. The molecule has 1 saturated heterocycles. The average Bonchev–Trinajstić information content (AvgIpc) is 3.31. The zero-order valence-corrected chi connectivity index (χ0v) is 16.7. The van der Waals surface area contributed by atoms with Crippen molar-refractivity contribution in [1.82, 2.24) is 19.8 Å². The lowest BCUT2D eigenvalue weighted by Gasteiger charge is -2.37. The Kier molecular flexibility index (Phi) is 5.74. The van der Waals surface area contributed by atoms with Gasteiger partial charge in [0.05, 0.1) is 24.4 Å². The predicted molar refractivity (Wildman–Crippen MR) is 110 cm³/mol. The summed E-state index contributed by atoms with van der Waals surface area (Å²) < 4.78 is 7.62. The van der Waals surface area contributed by atoms with Gasteiger partial charge in [-0.1, -0.05) is 25.3 Å². The van der Waals surface area contributed by atoms with Crippen molar-refractivity contribution in [3.63, 3.8) is 0 Å². The Morgan fingerprint density at radius 3 is 2.78 bits per heavy atom. The lowest BCUT2D eigenvalue weighted by molar-refractivity contribution is 0.174. The van der Waals surface area contributed by atoms with E-state index in [1.165, 1.54) is 37.8 Å². The summed E-state index contributed by atoms with van der Waals surface area (Å²) in [5.74, 6) is 0. The number of ether oxygens (including phenoxy) is 1. The van der Waals surface area contributed by atoms with Crippen molar-refractivity contribution in [3.8, 4) is 0 Å². The highest BCUT2D eigenvalue weighted by molar-refractivity contribution is 7.80. The number of aromatic nitrogens is 2. The predicted octanol–water partition coefficient (Wildman–Crippen LogP) is 3.83. The highest BCUT2D eigenvalue weighted by Gasteiger charge is 2.44. The van der Waals surface area contributed by atoms with Gasteiger partial charge in [-0.2, -0.15) is 0 Å². The van der Waals surface area contributed by atoms with Crippen LogP contribution < -0.4 is 5.32 Å². The van der Waals surface area contributed by atoms with Crippen molar-refractivity contribution in [1.29, 1.82) is 0 Å². The molecule has 2 atom stereocenters.